The standard InChI is InChI=1S/C14H14F6/c1-3-5-7-8(6(4-2)10(16)9(5)15)12(18)14(20)13(19)11(7)17/h9-11,13H,3-4H2,1-2H3. The van der Waals surface area contributed by atoms with E-state index < -0.39 is 47.5 Å². The number of allylic oxidation sites excluding steroid dienone is 6. The second-order valence-electron chi connectivity index (χ2n) is 4.82. The van der Waals surface area contributed by atoms with Crippen LogP contribution >= 0.6 is 0 Å². The van der Waals surface area contributed by atoms with E-state index in [9.17, 15) is 26.3 Å². The first-order valence-corrected chi connectivity index (χ1v) is 6.44. The van der Waals surface area contributed by atoms with E-state index >= 15 is 0 Å². The molecule has 0 aromatic carbocycles. The van der Waals surface area contributed by atoms with Crippen molar-refractivity contribution in [3.05, 3.63) is 33.9 Å². The fourth-order valence-electron chi connectivity index (χ4n) is 2.82. The van der Waals surface area contributed by atoms with Gasteiger partial charge in [0.15, 0.2) is 36.3 Å². The Morgan fingerprint density at radius 2 is 1.25 bits per heavy atom. The minimum atomic E-state index is -2.81. The van der Waals surface area contributed by atoms with Gasteiger partial charge >= 0.3 is 0 Å². The lowest BCUT2D eigenvalue weighted by atomic mass is 9.75. The van der Waals surface area contributed by atoms with Crippen LogP contribution in [0.1, 0.15) is 26.7 Å². The SMILES string of the molecule is CCC1=C2C(F)=C(F)C(F)C(F)C2=C(CC)C(F)C1F. The zero-order valence-electron chi connectivity index (χ0n) is 11.0. The maximum Gasteiger partial charge on any atom is 0.189 e. The zero-order valence-corrected chi connectivity index (χ0v) is 11.0. The van der Waals surface area contributed by atoms with E-state index in [1.807, 2.05) is 0 Å². The summed E-state index contributed by atoms with van der Waals surface area (Å²) in [5.74, 6) is -3.50. The number of hydrogen-bond acceptors (Lipinski definition) is 0. The van der Waals surface area contributed by atoms with Gasteiger partial charge in [-0.3, -0.25) is 0 Å². The van der Waals surface area contributed by atoms with Crippen LogP contribution < -0.4 is 0 Å². The van der Waals surface area contributed by atoms with Crippen molar-refractivity contribution in [3.8, 4) is 0 Å². The maximum absolute atomic E-state index is 14.0. The fraction of sp³-hybridized carbons (Fsp3) is 0.571. The molecule has 0 spiro atoms. The van der Waals surface area contributed by atoms with E-state index in [1.165, 1.54) is 13.8 Å². The molecule has 0 saturated carbocycles. The van der Waals surface area contributed by atoms with E-state index in [-0.39, 0.29) is 24.0 Å². The van der Waals surface area contributed by atoms with Crippen LogP contribution in [0.15, 0.2) is 33.9 Å². The van der Waals surface area contributed by atoms with Gasteiger partial charge < -0.3 is 0 Å². The highest BCUT2D eigenvalue weighted by atomic mass is 19.2. The highest BCUT2D eigenvalue weighted by Crippen LogP contribution is 2.48. The van der Waals surface area contributed by atoms with Gasteiger partial charge in [0.2, 0.25) is 0 Å². The topological polar surface area (TPSA) is 0 Å². The first kappa shape index (κ1) is 15.2. The molecule has 2 rings (SSSR count). The minimum Gasteiger partial charge on any atom is -0.239 e. The summed E-state index contributed by atoms with van der Waals surface area (Å²) in [5, 5.41) is 0. The smallest absolute Gasteiger partial charge is 0.189 e. The van der Waals surface area contributed by atoms with Crippen LogP contribution in [-0.2, 0) is 0 Å². The summed E-state index contributed by atoms with van der Waals surface area (Å²) < 4.78 is 82.7. The van der Waals surface area contributed by atoms with Crippen molar-refractivity contribution < 1.29 is 26.3 Å². The summed E-state index contributed by atoms with van der Waals surface area (Å²) in [5.41, 5.74) is -1.86. The van der Waals surface area contributed by atoms with Crippen LogP contribution in [-0.4, -0.2) is 24.7 Å². The highest BCUT2D eigenvalue weighted by molar-refractivity contribution is 5.60. The van der Waals surface area contributed by atoms with Gasteiger partial charge in [-0.2, -0.15) is 0 Å². The van der Waals surface area contributed by atoms with Gasteiger partial charge in [-0.05, 0) is 24.0 Å². The Bertz CT molecular complexity index is 516. The molecule has 112 valence electrons. The van der Waals surface area contributed by atoms with E-state index in [1.54, 1.807) is 0 Å². The van der Waals surface area contributed by atoms with Crippen LogP contribution in [0.25, 0.3) is 0 Å². The Hall–Kier alpha value is -1.20. The summed E-state index contributed by atoms with van der Waals surface area (Å²) >= 11 is 0. The molecular weight excluding hydrogens is 282 g/mol. The Kier molecular flexibility index (Phi) is 4.02. The molecular formula is C14H14F6. The van der Waals surface area contributed by atoms with Gasteiger partial charge in [0.25, 0.3) is 0 Å². The molecule has 0 heterocycles. The second kappa shape index (κ2) is 5.30. The molecule has 0 bridgehead atoms. The van der Waals surface area contributed by atoms with Crippen LogP contribution in [0, 0.1) is 0 Å². The lowest BCUT2D eigenvalue weighted by Gasteiger charge is -2.35. The third-order valence-electron chi connectivity index (χ3n) is 3.82. The predicted octanol–water partition coefficient (Wildman–Crippen LogP) is 4.93. The van der Waals surface area contributed by atoms with Gasteiger partial charge in [-0.25, -0.2) is 26.3 Å². The monoisotopic (exact) mass is 296 g/mol. The van der Waals surface area contributed by atoms with Gasteiger partial charge in [0, 0.05) is 11.1 Å². The molecule has 0 aromatic rings. The number of rotatable bonds is 2. The molecule has 0 aromatic heterocycles. The number of fused-ring (bicyclic) bond motifs is 1. The van der Waals surface area contributed by atoms with Gasteiger partial charge in [0.1, 0.15) is 0 Å². The van der Waals surface area contributed by atoms with Crippen molar-refractivity contribution in [1.82, 2.24) is 0 Å². The molecule has 0 amide bonds. The average molecular weight is 296 g/mol. The molecule has 0 radical (unpaired) electrons. The number of alkyl halides is 4. The zero-order chi connectivity index (χ0) is 15.2. The second-order valence-corrected chi connectivity index (χ2v) is 4.82. The van der Waals surface area contributed by atoms with Crippen molar-refractivity contribution in [3.63, 3.8) is 0 Å². The van der Waals surface area contributed by atoms with E-state index in [4.69, 9.17) is 0 Å². The van der Waals surface area contributed by atoms with Crippen molar-refractivity contribution in [1.29, 1.82) is 0 Å². The molecule has 4 unspecified atom stereocenters. The van der Waals surface area contributed by atoms with Crippen LogP contribution in [0.5, 0.6) is 0 Å². The van der Waals surface area contributed by atoms with E-state index in [0.717, 1.165) is 0 Å². The predicted molar refractivity (Wildman–Crippen MR) is 63.5 cm³/mol. The molecule has 0 saturated heterocycles. The van der Waals surface area contributed by atoms with Crippen LogP contribution in [0.2, 0.25) is 0 Å². The summed E-state index contributed by atoms with van der Waals surface area (Å²) in [4.78, 5) is 0. The molecule has 0 fully saturated rings. The van der Waals surface area contributed by atoms with Crippen molar-refractivity contribution in [2.75, 3.05) is 0 Å². The van der Waals surface area contributed by atoms with Crippen LogP contribution in [0.3, 0.4) is 0 Å². The van der Waals surface area contributed by atoms with E-state index in [2.05, 4.69) is 0 Å². The van der Waals surface area contributed by atoms with Gasteiger partial charge in [-0.15, -0.1) is 0 Å². The Morgan fingerprint density at radius 3 is 1.75 bits per heavy atom. The number of halogens is 6. The fourth-order valence-corrected chi connectivity index (χ4v) is 2.82. The lowest BCUT2D eigenvalue weighted by Crippen LogP contribution is -2.37. The molecule has 2 aliphatic rings. The molecule has 0 nitrogen and oxygen atoms in total. The van der Waals surface area contributed by atoms with Gasteiger partial charge in [-0.1, -0.05) is 13.8 Å². The normalized spacial score (nSPS) is 34.8. The third kappa shape index (κ3) is 1.91. The Balaban J connectivity index is 2.80. The largest absolute Gasteiger partial charge is 0.239 e. The van der Waals surface area contributed by atoms with Gasteiger partial charge in [0.05, 0.1) is 0 Å². The molecule has 4 atom stereocenters. The first-order chi connectivity index (χ1) is 9.36. The summed E-state index contributed by atoms with van der Waals surface area (Å²) in [7, 11) is 0. The minimum absolute atomic E-state index is 0.0978. The summed E-state index contributed by atoms with van der Waals surface area (Å²) in [6.45, 7) is 2.86. The molecule has 0 N–H and O–H groups in total. The summed E-state index contributed by atoms with van der Waals surface area (Å²) in [6.07, 6.45) is -9.83. The highest BCUT2D eigenvalue weighted by Gasteiger charge is 2.47. The molecule has 6 heteroatoms. The molecule has 0 aliphatic heterocycles. The van der Waals surface area contributed by atoms with E-state index in [0.29, 0.717) is 0 Å². The Morgan fingerprint density at radius 1 is 0.750 bits per heavy atom. The van der Waals surface area contributed by atoms with Crippen LogP contribution in [0.4, 0.5) is 26.3 Å². The molecule has 2 aliphatic carbocycles. The van der Waals surface area contributed by atoms with Crippen molar-refractivity contribution in [2.45, 2.75) is 51.4 Å². The van der Waals surface area contributed by atoms with Crippen molar-refractivity contribution in [2.24, 2.45) is 0 Å². The maximum atomic E-state index is 14.0. The average Bonchev–Trinajstić information content (AvgIpc) is 2.44. The quantitative estimate of drug-likeness (QED) is 0.634. The first-order valence-electron chi connectivity index (χ1n) is 6.44. The number of hydrogen-bond donors (Lipinski definition) is 0. The van der Waals surface area contributed by atoms with Crippen molar-refractivity contribution >= 4 is 0 Å². The summed E-state index contributed by atoms with van der Waals surface area (Å²) in [6, 6.07) is 0. The lowest BCUT2D eigenvalue weighted by molar-refractivity contribution is 0.170. The third-order valence-corrected chi connectivity index (χ3v) is 3.82. The Labute approximate surface area is 112 Å². The molecule has 20 heavy (non-hydrogen) atoms.